The molecule has 0 spiro atoms. The molecule has 0 aliphatic heterocycles. The van der Waals surface area contributed by atoms with Crippen LogP contribution < -0.4 is 5.73 Å². The van der Waals surface area contributed by atoms with Crippen LogP contribution in [0.3, 0.4) is 0 Å². The van der Waals surface area contributed by atoms with Gasteiger partial charge in [0, 0.05) is 9.40 Å². The number of fused-ring (bicyclic) bond motifs is 2. The Morgan fingerprint density at radius 1 is 1.22 bits per heavy atom. The van der Waals surface area contributed by atoms with E-state index in [-0.39, 0.29) is 0 Å². The van der Waals surface area contributed by atoms with E-state index in [2.05, 4.69) is 37.4 Å². The minimum atomic E-state index is 0.428. The van der Waals surface area contributed by atoms with Gasteiger partial charge in [0.15, 0.2) is 17.3 Å². The second kappa shape index (κ2) is 3.50. The van der Waals surface area contributed by atoms with Gasteiger partial charge in [-0.05, 0) is 17.5 Å². The van der Waals surface area contributed by atoms with Crippen LogP contribution in [0.25, 0.3) is 31.3 Å². The Balaban J connectivity index is 1.96. The molecular formula is C11H7N5S2. The van der Waals surface area contributed by atoms with Gasteiger partial charge >= 0.3 is 0 Å². The van der Waals surface area contributed by atoms with Crippen molar-refractivity contribution in [3.63, 3.8) is 0 Å². The van der Waals surface area contributed by atoms with Crippen molar-refractivity contribution >= 4 is 49.1 Å². The second-order valence-electron chi connectivity index (χ2n) is 3.80. The third kappa shape index (κ3) is 1.34. The topological polar surface area (TPSA) is 80.5 Å². The molecular weight excluding hydrogens is 266 g/mol. The molecule has 0 aromatic carbocycles. The van der Waals surface area contributed by atoms with Crippen LogP contribution in [0, 0.1) is 0 Å². The standard InChI is InChI=1S/C11H7N5S2/c12-9-8-11(14-4-13-9)16-10(15-8)7-3-6-5(18-7)1-2-17-6/h1-4H,(H3,12,13,14,15,16). The number of aromatic amines is 1. The molecule has 4 rings (SSSR count). The average molecular weight is 273 g/mol. The molecule has 4 aromatic rings. The van der Waals surface area contributed by atoms with E-state index in [9.17, 15) is 0 Å². The predicted molar refractivity (Wildman–Crippen MR) is 74.8 cm³/mol. The van der Waals surface area contributed by atoms with E-state index in [1.807, 2.05) is 0 Å². The summed E-state index contributed by atoms with van der Waals surface area (Å²) in [5.74, 6) is 1.22. The summed E-state index contributed by atoms with van der Waals surface area (Å²) in [6.07, 6.45) is 1.43. The molecule has 18 heavy (non-hydrogen) atoms. The van der Waals surface area contributed by atoms with Crippen molar-refractivity contribution in [2.45, 2.75) is 0 Å². The first-order valence-corrected chi connectivity index (χ1v) is 6.94. The van der Waals surface area contributed by atoms with E-state index in [0.29, 0.717) is 17.0 Å². The number of aromatic nitrogens is 4. The lowest BCUT2D eigenvalue weighted by Gasteiger charge is -1.90. The van der Waals surface area contributed by atoms with Crippen LogP contribution in [-0.4, -0.2) is 19.9 Å². The van der Waals surface area contributed by atoms with Crippen LogP contribution in [0.4, 0.5) is 5.82 Å². The van der Waals surface area contributed by atoms with Gasteiger partial charge in [0.05, 0.1) is 4.88 Å². The Labute approximate surface area is 109 Å². The fraction of sp³-hybridized carbons (Fsp3) is 0. The van der Waals surface area contributed by atoms with Gasteiger partial charge in [-0.1, -0.05) is 0 Å². The number of hydrogen-bond donors (Lipinski definition) is 2. The third-order valence-corrected chi connectivity index (χ3v) is 4.79. The normalized spacial score (nSPS) is 11.6. The molecule has 5 nitrogen and oxygen atoms in total. The number of thiophene rings is 2. The van der Waals surface area contributed by atoms with Crippen molar-refractivity contribution in [2.75, 3.05) is 5.73 Å². The predicted octanol–water partition coefficient (Wildman–Crippen LogP) is 2.88. The van der Waals surface area contributed by atoms with Gasteiger partial charge in [-0.15, -0.1) is 22.7 Å². The summed E-state index contributed by atoms with van der Waals surface area (Å²) >= 11 is 3.43. The van der Waals surface area contributed by atoms with Crippen LogP contribution in [0.5, 0.6) is 0 Å². The first-order chi connectivity index (χ1) is 8.81. The van der Waals surface area contributed by atoms with E-state index in [1.54, 1.807) is 22.7 Å². The number of nitrogens with two attached hydrogens (primary N) is 1. The first-order valence-electron chi connectivity index (χ1n) is 5.25. The second-order valence-corrected chi connectivity index (χ2v) is 5.83. The molecule has 0 aliphatic carbocycles. The average Bonchev–Trinajstić information content (AvgIpc) is 3.01. The van der Waals surface area contributed by atoms with E-state index in [4.69, 9.17) is 5.73 Å². The highest BCUT2D eigenvalue weighted by atomic mass is 32.1. The molecule has 0 saturated heterocycles. The highest BCUT2D eigenvalue weighted by Gasteiger charge is 2.12. The number of H-pyrrole nitrogens is 1. The zero-order chi connectivity index (χ0) is 12.1. The lowest BCUT2D eigenvalue weighted by molar-refractivity contribution is 1.21. The summed E-state index contributed by atoms with van der Waals surface area (Å²) in [5, 5.41) is 2.09. The highest BCUT2D eigenvalue weighted by Crippen LogP contribution is 2.35. The molecule has 0 amide bonds. The van der Waals surface area contributed by atoms with Gasteiger partial charge in [0.25, 0.3) is 0 Å². The summed E-state index contributed by atoms with van der Waals surface area (Å²) < 4.78 is 2.55. The Morgan fingerprint density at radius 2 is 2.17 bits per heavy atom. The first kappa shape index (κ1) is 9.98. The molecule has 88 valence electrons. The quantitative estimate of drug-likeness (QED) is 0.559. The van der Waals surface area contributed by atoms with Gasteiger partial charge in [-0.3, -0.25) is 0 Å². The van der Waals surface area contributed by atoms with Gasteiger partial charge in [-0.2, -0.15) is 0 Å². The smallest absolute Gasteiger partial charge is 0.183 e. The zero-order valence-electron chi connectivity index (χ0n) is 9.04. The number of rotatable bonds is 1. The molecule has 0 atom stereocenters. The Hall–Kier alpha value is -1.99. The van der Waals surface area contributed by atoms with Crippen molar-refractivity contribution < 1.29 is 0 Å². The van der Waals surface area contributed by atoms with E-state index < -0.39 is 0 Å². The van der Waals surface area contributed by atoms with Crippen molar-refractivity contribution in [3.05, 3.63) is 23.8 Å². The maximum atomic E-state index is 5.79. The lowest BCUT2D eigenvalue weighted by atomic mass is 10.4. The largest absolute Gasteiger partial charge is 0.382 e. The number of nitrogens with zero attached hydrogens (tertiary/aromatic N) is 3. The van der Waals surface area contributed by atoms with Gasteiger partial charge in [-0.25, -0.2) is 15.0 Å². The van der Waals surface area contributed by atoms with Gasteiger partial charge in [0.2, 0.25) is 0 Å². The van der Waals surface area contributed by atoms with Crippen LogP contribution in [0.2, 0.25) is 0 Å². The molecule has 0 radical (unpaired) electrons. The van der Waals surface area contributed by atoms with Crippen LogP contribution in [0.15, 0.2) is 23.8 Å². The minimum absolute atomic E-state index is 0.428. The summed E-state index contributed by atoms with van der Waals surface area (Å²) in [7, 11) is 0. The summed E-state index contributed by atoms with van der Waals surface area (Å²) in [5.41, 5.74) is 7.09. The third-order valence-electron chi connectivity index (χ3n) is 2.69. The van der Waals surface area contributed by atoms with Gasteiger partial charge < -0.3 is 10.7 Å². The number of nitrogens with one attached hydrogen (secondary N) is 1. The van der Waals surface area contributed by atoms with E-state index >= 15 is 0 Å². The number of anilines is 1. The van der Waals surface area contributed by atoms with Crippen molar-refractivity contribution in [2.24, 2.45) is 0 Å². The molecule has 7 heteroatoms. The highest BCUT2D eigenvalue weighted by molar-refractivity contribution is 7.28. The molecule has 4 heterocycles. The monoisotopic (exact) mass is 273 g/mol. The van der Waals surface area contributed by atoms with Crippen LogP contribution >= 0.6 is 22.7 Å². The van der Waals surface area contributed by atoms with Crippen LogP contribution in [-0.2, 0) is 0 Å². The minimum Gasteiger partial charge on any atom is -0.382 e. The zero-order valence-corrected chi connectivity index (χ0v) is 10.7. The van der Waals surface area contributed by atoms with Crippen LogP contribution in [0.1, 0.15) is 0 Å². The molecule has 3 N–H and O–H groups in total. The number of hydrogen-bond acceptors (Lipinski definition) is 6. The number of nitrogen functional groups attached to an aromatic ring is 1. The fourth-order valence-electron chi connectivity index (χ4n) is 1.85. The molecule has 0 unspecified atom stereocenters. The Bertz CT molecular complexity index is 828. The van der Waals surface area contributed by atoms with E-state index in [1.165, 1.54) is 15.7 Å². The molecule has 0 fully saturated rings. The molecule has 0 saturated carbocycles. The maximum Gasteiger partial charge on any atom is 0.183 e. The molecule has 4 aromatic heterocycles. The SMILES string of the molecule is Nc1ncnc2nc(-c3cc4sccc4s3)[nH]c12. The number of imidazole rings is 1. The molecule has 0 bridgehead atoms. The van der Waals surface area contributed by atoms with Crippen molar-refractivity contribution in [1.29, 1.82) is 0 Å². The fourth-order valence-corrected chi connectivity index (χ4v) is 3.90. The summed E-state index contributed by atoms with van der Waals surface area (Å²) in [6, 6.07) is 4.25. The van der Waals surface area contributed by atoms with E-state index in [0.717, 1.165) is 10.7 Å². The Morgan fingerprint density at radius 3 is 3.00 bits per heavy atom. The molecule has 0 aliphatic rings. The van der Waals surface area contributed by atoms with Crippen molar-refractivity contribution in [1.82, 2.24) is 19.9 Å². The van der Waals surface area contributed by atoms with Gasteiger partial charge in [0.1, 0.15) is 11.8 Å². The lowest BCUT2D eigenvalue weighted by Crippen LogP contribution is -1.91. The Kier molecular flexibility index (Phi) is 1.94. The maximum absolute atomic E-state index is 5.79. The van der Waals surface area contributed by atoms with Crippen molar-refractivity contribution in [3.8, 4) is 10.7 Å². The summed E-state index contributed by atoms with van der Waals surface area (Å²) in [4.78, 5) is 16.8. The summed E-state index contributed by atoms with van der Waals surface area (Å²) in [6.45, 7) is 0.